The van der Waals surface area contributed by atoms with Crippen LogP contribution in [-0.4, -0.2) is 44.7 Å². The first-order valence-electron chi connectivity index (χ1n) is 10.5. The second-order valence-electron chi connectivity index (χ2n) is 8.50. The van der Waals surface area contributed by atoms with Gasteiger partial charge in [0.05, 0.1) is 28.8 Å². The molecule has 1 aromatic heterocycles. The van der Waals surface area contributed by atoms with Gasteiger partial charge in [-0.1, -0.05) is 43.2 Å². The second kappa shape index (κ2) is 7.90. The summed E-state index contributed by atoms with van der Waals surface area (Å²) >= 11 is 1.41. The molecule has 0 bridgehead atoms. The standard InChI is InChI=1S/C23H29N3O2S/c1-16-21(29-15-24-16)22(28)26-19(18-10-6-4-7-11-18)14-23(3)20(26)12-8-5-9-13-25(23)17(2)27/h4,6-7,10-11,15,19-20H,5,8-9,12-14H2,1-3H3/t19-,20-,23-/m0/s1. The number of fused-ring (bicyclic) bond motifs is 1. The fraction of sp³-hybridized carbons (Fsp3) is 0.522. The van der Waals surface area contributed by atoms with E-state index in [1.54, 1.807) is 12.4 Å². The normalized spacial score (nSPS) is 27.3. The van der Waals surface area contributed by atoms with Crippen molar-refractivity contribution in [2.24, 2.45) is 0 Å². The number of aromatic nitrogens is 1. The number of hydrogen-bond donors (Lipinski definition) is 0. The summed E-state index contributed by atoms with van der Waals surface area (Å²) in [4.78, 5) is 35.6. The lowest BCUT2D eigenvalue weighted by Gasteiger charge is -2.45. The van der Waals surface area contributed by atoms with Crippen molar-refractivity contribution < 1.29 is 9.59 Å². The lowest BCUT2D eigenvalue weighted by atomic mass is 9.83. The molecule has 2 aliphatic heterocycles. The largest absolute Gasteiger partial charge is 0.335 e. The Morgan fingerprint density at radius 3 is 2.59 bits per heavy atom. The zero-order valence-corrected chi connectivity index (χ0v) is 18.2. The molecule has 2 saturated heterocycles. The zero-order valence-electron chi connectivity index (χ0n) is 17.4. The van der Waals surface area contributed by atoms with E-state index in [4.69, 9.17) is 0 Å². The van der Waals surface area contributed by atoms with Crippen LogP contribution in [0.1, 0.15) is 72.9 Å². The summed E-state index contributed by atoms with van der Waals surface area (Å²) in [5.41, 5.74) is 3.31. The summed E-state index contributed by atoms with van der Waals surface area (Å²) in [6.45, 7) is 6.52. The first-order chi connectivity index (χ1) is 13.9. The van der Waals surface area contributed by atoms with E-state index < -0.39 is 0 Å². The average Bonchev–Trinajstić information content (AvgIpc) is 3.24. The van der Waals surface area contributed by atoms with Gasteiger partial charge >= 0.3 is 0 Å². The summed E-state index contributed by atoms with van der Waals surface area (Å²) in [6, 6.07) is 10.2. The van der Waals surface area contributed by atoms with Crippen molar-refractivity contribution in [2.75, 3.05) is 6.54 Å². The van der Waals surface area contributed by atoms with Gasteiger partial charge in [0.1, 0.15) is 4.88 Å². The van der Waals surface area contributed by atoms with Gasteiger partial charge in [-0.3, -0.25) is 9.59 Å². The third kappa shape index (κ3) is 3.48. The van der Waals surface area contributed by atoms with E-state index in [0.29, 0.717) is 4.88 Å². The maximum atomic E-state index is 13.8. The summed E-state index contributed by atoms with van der Waals surface area (Å²) in [5, 5.41) is 0. The van der Waals surface area contributed by atoms with E-state index >= 15 is 0 Å². The molecule has 29 heavy (non-hydrogen) atoms. The van der Waals surface area contributed by atoms with Crippen molar-refractivity contribution in [3.05, 3.63) is 52.0 Å². The minimum absolute atomic E-state index is 0.00547. The van der Waals surface area contributed by atoms with Crippen molar-refractivity contribution in [3.8, 4) is 0 Å². The maximum Gasteiger partial charge on any atom is 0.266 e. The van der Waals surface area contributed by atoms with Crippen LogP contribution in [0.25, 0.3) is 0 Å². The number of rotatable bonds is 2. The Morgan fingerprint density at radius 1 is 1.17 bits per heavy atom. The predicted octanol–water partition coefficient (Wildman–Crippen LogP) is 4.59. The van der Waals surface area contributed by atoms with Crippen molar-refractivity contribution in [3.63, 3.8) is 0 Å². The highest BCUT2D eigenvalue weighted by atomic mass is 32.1. The van der Waals surface area contributed by atoms with Gasteiger partial charge in [0, 0.05) is 13.5 Å². The van der Waals surface area contributed by atoms with E-state index in [2.05, 4.69) is 28.9 Å². The fourth-order valence-electron chi connectivity index (χ4n) is 5.30. The van der Waals surface area contributed by atoms with Gasteiger partial charge in [-0.15, -0.1) is 11.3 Å². The molecule has 0 aliphatic carbocycles. The number of thiazole rings is 1. The highest BCUT2D eigenvalue weighted by molar-refractivity contribution is 7.11. The van der Waals surface area contributed by atoms with Crippen LogP contribution in [0.5, 0.6) is 0 Å². The lowest BCUT2D eigenvalue weighted by molar-refractivity contribution is -0.136. The van der Waals surface area contributed by atoms with Crippen LogP contribution in [0.3, 0.4) is 0 Å². The number of amides is 2. The molecule has 6 heteroatoms. The Balaban J connectivity index is 1.83. The first kappa shape index (κ1) is 20.1. The molecule has 3 heterocycles. The Labute approximate surface area is 176 Å². The lowest BCUT2D eigenvalue weighted by Crippen LogP contribution is -2.58. The van der Waals surface area contributed by atoms with Gasteiger partial charge in [-0.25, -0.2) is 4.98 Å². The number of benzene rings is 1. The molecule has 2 aliphatic rings. The molecule has 3 atom stereocenters. The van der Waals surface area contributed by atoms with Crippen molar-refractivity contribution in [1.82, 2.24) is 14.8 Å². The van der Waals surface area contributed by atoms with Gasteiger partial charge in [0.15, 0.2) is 0 Å². The first-order valence-corrected chi connectivity index (χ1v) is 11.4. The number of likely N-dealkylation sites (tertiary alicyclic amines) is 2. The van der Waals surface area contributed by atoms with Crippen LogP contribution in [0, 0.1) is 6.92 Å². The van der Waals surface area contributed by atoms with E-state index in [9.17, 15) is 9.59 Å². The zero-order chi connectivity index (χ0) is 20.6. The molecule has 154 valence electrons. The number of hydrogen-bond acceptors (Lipinski definition) is 4. The predicted molar refractivity (Wildman–Crippen MR) is 115 cm³/mol. The van der Waals surface area contributed by atoms with E-state index in [0.717, 1.165) is 49.9 Å². The molecular formula is C23H29N3O2S. The Morgan fingerprint density at radius 2 is 1.93 bits per heavy atom. The Bertz CT molecular complexity index is 897. The van der Waals surface area contributed by atoms with Crippen molar-refractivity contribution in [2.45, 2.75) is 70.5 Å². The molecular weight excluding hydrogens is 382 g/mol. The van der Waals surface area contributed by atoms with E-state index in [1.807, 2.05) is 30.0 Å². The maximum absolute atomic E-state index is 13.8. The molecule has 0 N–H and O–H groups in total. The number of carbonyl (C=O) groups is 2. The highest BCUT2D eigenvalue weighted by Crippen LogP contribution is 2.49. The Hall–Kier alpha value is -2.21. The Kier molecular flexibility index (Phi) is 5.47. The third-order valence-electron chi connectivity index (χ3n) is 6.71. The minimum Gasteiger partial charge on any atom is -0.335 e. The highest BCUT2D eigenvalue weighted by Gasteiger charge is 2.55. The van der Waals surface area contributed by atoms with Gasteiger partial charge in [-0.05, 0) is 38.7 Å². The van der Waals surface area contributed by atoms with Gasteiger partial charge in [0.2, 0.25) is 5.91 Å². The number of nitrogens with zero attached hydrogens (tertiary/aromatic N) is 3. The molecule has 4 rings (SSSR count). The molecule has 1 aromatic carbocycles. The van der Waals surface area contributed by atoms with Crippen LogP contribution < -0.4 is 0 Å². The van der Waals surface area contributed by atoms with Crippen molar-refractivity contribution in [1.29, 1.82) is 0 Å². The number of aryl methyl sites for hydroxylation is 1. The molecule has 2 fully saturated rings. The van der Waals surface area contributed by atoms with Gasteiger partial charge in [-0.2, -0.15) is 0 Å². The van der Waals surface area contributed by atoms with Crippen LogP contribution in [0.2, 0.25) is 0 Å². The third-order valence-corrected chi connectivity index (χ3v) is 7.63. The van der Waals surface area contributed by atoms with Crippen LogP contribution >= 0.6 is 11.3 Å². The van der Waals surface area contributed by atoms with Crippen LogP contribution in [0.4, 0.5) is 0 Å². The molecule has 0 unspecified atom stereocenters. The van der Waals surface area contributed by atoms with Crippen molar-refractivity contribution >= 4 is 23.2 Å². The SMILES string of the molecule is CC(=O)N1CCCCC[C@@H]2N(C(=O)c3scnc3C)[C@H](c3ccccc3)C[C@@]21C. The summed E-state index contributed by atoms with van der Waals surface area (Å²) in [7, 11) is 0. The summed E-state index contributed by atoms with van der Waals surface area (Å²) < 4.78 is 0. The molecule has 2 aromatic rings. The summed E-state index contributed by atoms with van der Waals surface area (Å²) in [6.07, 6.45) is 4.89. The molecule has 0 radical (unpaired) electrons. The monoisotopic (exact) mass is 411 g/mol. The molecule has 5 nitrogen and oxygen atoms in total. The van der Waals surface area contributed by atoms with Gasteiger partial charge in [0.25, 0.3) is 5.91 Å². The van der Waals surface area contributed by atoms with E-state index in [1.165, 1.54) is 11.3 Å². The van der Waals surface area contributed by atoms with E-state index in [-0.39, 0.29) is 29.4 Å². The van der Waals surface area contributed by atoms with Crippen LogP contribution in [0.15, 0.2) is 35.8 Å². The van der Waals surface area contributed by atoms with Gasteiger partial charge < -0.3 is 9.80 Å². The van der Waals surface area contributed by atoms with Crippen LogP contribution in [-0.2, 0) is 4.79 Å². The average molecular weight is 412 g/mol. The topological polar surface area (TPSA) is 53.5 Å². The number of carbonyl (C=O) groups excluding carboxylic acids is 2. The molecule has 2 amide bonds. The molecule has 0 saturated carbocycles. The quantitative estimate of drug-likeness (QED) is 0.726. The fourth-order valence-corrected chi connectivity index (χ4v) is 6.05. The summed E-state index contributed by atoms with van der Waals surface area (Å²) in [5.74, 6) is 0.158. The molecule has 0 spiro atoms. The smallest absolute Gasteiger partial charge is 0.266 e. The second-order valence-corrected chi connectivity index (χ2v) is 9.36. The minimum atomic E-state index is -0.360.